The van der Waals surface area contributed by atoms with Gasteiger partial charge in [-0.05, 0) is 103 Å². The van der Waals surface area contributed by atoms with E-state index in [0.29, 0.717) is 0 Å². The van der Waals surface area contributed by atoms with Gasteiger partial charge in [-0.1, -0.05) is 91.0 Å². The second kappa shape index (κ2) is 11.9. The molecule has 10 rings (SSSR count). The van der Waals surface area contributed by atoms with Crippen molar-refractivity contribution in [1.29, 1.82) is 0 Å². The Morgan fingerprint density at radius 1 is 0.404 bits per heavy atom. The number of aromatic nitrogens is 4. The van der Waals surface area contributed by atoms with E-state index in [1.165, 1.54) is 54.7 Å². The van der Waals surface area contributed by atoms with Gasteiger partial charge in [0.05, 0.1) is 39.1 Å². The number of hydrogen-bond donors (Lipinski definition) is 0. The number of aryl methyl sites for hydroxylation is 2. The number of nitrogens with zero attached hydrogens (tertiary/aromatic N) is 4. The fourth-order valence-electron chi connectivity index (χ4n) is 8.08. The van der Waals surface area contributed by atoms with E-state index in [-0.39, 0.29) is 0 Å². The van der Waals surface area contributed by atoms with Crippen molar-refractivity contribution < 1.29 is 0 Å². The van der Waals surface area contributed by atoms with Gasteiger partial charge in [-0.3, -0.25) is 9.97 Å². The summed E-state index contributed by atoms with van der Waals surface area (Å²) in [5, 5.41) is 5.00. The predicted molar refractivity (Wildman–Crippen MR) is 216 cm³/mol. The predicted octanol–water partition coefficient (Wildman–Crippen LogP) is 12.3. The Hall–Kier alpha value is -6.78. The van der Waals surface area contributed by atoms with Gasteiger partial charge in [0, 0.05) is 50.8 Å². The lowest BCUT2D eigenvalue weighted by atomic mass is 9.97. The molecule has 0 spiro atoms. The summed E-state index contributed by atoms with van der Waals surface area (Å²) in [6.07, 6.45) is 3.86. The summed E-state index contributed by atoms with van der Waals surface area (Å²) in [6.45, 7) is 4.34. The van der Waals surface area contributed by atoms with Crippen molar-refractivity contribution in [1.82, 2.24) is 19.1 Å². The molecule has 0 bridgehead atoms. The molecule has 0 atom stereocenters. The summed E-state index contributed by atoms with van der Waals surface area (Å²) in [7, 11) is 0. The van der Waals surface area contributed by atoms with Crippen LogP contribution in [-0.2, 0) is 0 Å². The standard InChI is InChI=1S/C48H34N4/c1-31-22-23-35(51-43-17-7-3-13-36(43)37-14-4-8-18-44(37)51)30-40(31)41-28-33(24-26-49-41)34-25-27-50-42(29-34)48-32(2)12-11-21-47(48)52-45-19-9-5-15-38(45)39-16-6-10-20-46(39)52/h3-30H,1-2H3. The van der Waals surface area contributed by atoms with Crippen LogP contribution >= 0.6 is 0 Å². The maximum atomic E-state index is 4.98. The lowest BCUT2D eigenvalue weighted by Crippen LogP contribution is -2.00. The van der Waals surface area contributed by atoms with Crippen molar-refractivity contribution in [3.63, 3.8) is 0 Å². The summed E-state index contributed by atoms with van der Waals surface area (Å²) in [4.78, 5) is 9.89. The molecule has 0 fully saturated rings. The van der Waals surface area contributed by atoms with Gasteiger partial charge in [0.25, 0.3) is 0 Å². The van der Waals surface area contributed by atoms with Gasteiger partial charge in [0.1, 0.15) is 0 Å². The normalized spacial score (nSPS) is 11.7. The fourth-order valence-corrected chi connectivity index (χ4v) is 8.08. The molecule has 0 saturated heterocycles. The number of hydrogen-bond acceptors (Lipinski definition) is 2. The summed E-state index contributed by atoms with van der Waals surface area (Å²) in [5.41, 5.74) is 15.7. The Balaban J connectivity index is 1.09. The first kappa shape index (κ1) is 30.1. The van der Waals surface area contributed by atoms with Gasteiger partial charge in [0.2, 0.25) is 0 Å². The summed E-state index contributed by atoms with van der Waals surface area (Å²) in [6, 6.07) is 56.5. The molecule has 0 unspecified atom stereocenters. The van der Waals surface area contributed by atoms with Crippen molar-refractivity contribution in [3.05, 3.63) is 181 Å². The van der Waals surface area contributed by atoms with E-state index in [1.807, 2.05) is 12.4 Å². The molecule has 4 heterocycles. The number of pyridine rings is 2. The highest BCUT2D eigenvalue weighted by molar-refractivity contribution is 6.10. The first-order chi connectivity index (χ1) is 25.6. The molecule has 10 aromatic rings. The SMILES string of the molecule is Cc1ccc(-n2c3ccccc3c3ccccc32)cc1-c1cc(-c2ccnc(-c3c(C)cccc3-n3c4ccccc4c4ccccc43)c2)ccn1. The molecular weight excluding hydrogens is 633 g/mol. The molecule has 246 valence electrons. The van der Waals surface area contributed by atoms with Crippen LogP contribution in [0.3, 0.4) is 0 Å². The van der Waals surface area contributed by atoms with Crippen LogP contribution < -0.4 is 0 Å². The van der Waals surface area contributed by atoms with Crippen LogP contribution in [0.5, 0.6) is 0 Å². The minimum atomic E-state index is 0.940. The number of rotatable bonds is 5. The van der Waals surface area contributed by atoms with Crippen LogP contribution in [0.4, 0.5) is 0 Å². The van der Waals surface area contributed by atoms with Gasteiger partial charge in [-0.25, -0.2) is 0 Å². The molecule has 0 saturated carbocycles. The fraction of sp³-hybridized carbons (Fsp3) is 0.0417. The Morgan fingerprint density at radius 3 is 1.48 bits per heavy atom. The van der Waals surface area contributed by atoms with Crippen molar-refractivity contribution in [2.24, 2.45) is 0 Å². The Morgan fingerprint density at radius 2 is 0.904 bits per heavy atom. The highest BCUT2D eigenvalue weighted by atomic mass is 15.0. The van der Waals surface area contributed by atoms with E-state index in [2.05, 4.69) is 181 Å². The first-order valence-electron chi connectivity index (χ1n) is 17.7. The second-order valence-electron chi connectivity index (χ2n) is 13.6. The zero-order valence-corrected chi connectivity index (χ0v) is 29.0. The zero-order valence-electron chi connectivity index (χ0n) is 29.0. The molecule has 4 heteroatoms. The number of para-hydroxylation sites is 4. The Bertz CT molecular complexity index is 2890. The number of benzene rings is 6. The van der Waals surface area contributed by atoms with Crippen molar-refractivity contribution in [2.75, 3.05) is 0 Å². The highest BCUT2D eigenvalue weighted by Gasteiger charge is 2.18. The van der Waals surface area contributed by atoms with Crippen LogP contribution in [0.25, 0.3) is 88.6 Å². The summed E-state index contributed by atoms with van der Waals surface area (Å²) in [5.74, 6) is 0. The maximum absolute atomic E-state index is 4.98. The third-order valence-electron chi connectivity index (χ3n) is 10.5. The molecule has 0 aliphatic carbocycles. The maximum Gasteiger partial charge on any atom is 0.0731 e. The highest BCUT2D eigenvalue weighted by Crippen LogP contribution is 2.39. The minimum absolute atomic E-state index is 0.940. The molecule has 4 aromatic heterocycles. The molecule has 6 aromatic carbocycles. The van der Waals surface area contributed by atoms with Gasteiger partial charge < -0.3 is 9.13 Å². The molecule has 0 radical (unpaired) electrons. The van der Waals surface area contributed by atoms with E-state index in [9.17, 15) is 0 Å². The van der Waals surface area contributed by atoms with E-state index >= 15 is 0 Å². The van der Waals surface area contributed by atoms with Gasteiger partial charge in [-0.15, -0.1) is 0 Å². The van der Waals surface area contributed by atoms with E-state index in [0.717, 1.165) is 45.0 Å². The molecule has 0 aliphatic rings. The summed E-state index contributed by atoms with van der Waals surface area (Å²) >= 11 is 0. The zero-order chi connectivity index (χ0) is 34.8. The van der Waals surface area contributed by atoms with Crippen molar-refractivity contribution in [2.45, 2.75) is 13.8 Å². The van der Waals surface area contributed by atoms with Crippen molar-refractivity contribution in [3.8, 4) is 45.0 Å². The molecule has 0 aliphatic heterocycles. The Kier molecular flexibility index (Phi) is 6.90. The smallest absolute Gasteiger partial charge is 0.0731 e. The third-order valence-corrected chi connectivity index (χ3v) is 10.5. The summed E-state index contributed by atoms with van der Waals surface area (Å²) < 4.78 is 4.75. The molecule has 4 nitrogen and oxygen atoms in total. The quantitative estimate of drug-likeness (QED) is 0.183. The third kappa shape index (κ3) is 4.69. The van der Waals surface area contributed by atoms with Crippen LogP contribution in [0, 0.1) is 13.8 Å². The lowest BCUT2D eigenvalue weighted by Gasteiger charge is -2.16. The number of fused-ring (bicyclic) bond motifs is 6. The largest absolute Gasteiger partial charge is 0.309 e. The first-order valence-corrected chi connectivity index (χ1v) is 17.7. The van der Waals surface area contributed by atoms with Gasteiger partial charge >= 0.3 is 0 Å². The van der Waals surface area contributed by atoms with Crippen LogP contribution in [0.2, 0.25) is 0 Å². The topological polar surface area (TPSA) is 35.6 Å². The van der Waals surface area contributed by atoms with Crippen LogP contribution in [0.15, 0.2) is 170 Å². The van der Waals surface area contributed by atoms with Crippen LogP contribution in [-0.4, -0.2) is 19.1 Å². The van der Waals surface area contributed by atoms with E-state index in [4.69, 9.17) is 9.97 Å². The lowest BCUT2D eigenvalue weighted by molar-refractivity contribution is 1.16. The average Bonchev–Trinajstić information content (AvgIpc) is 3.71. The molecular formula is C48H34N4. The molecule has 52 heavy (non-hydrogen) atoms. The minimum Gasteiger partial charge on any atom is -0.309 e. The monoisotopic (exact) mass is 666 g/mol. The van der Waals surface area contributed by atoms with Gasteiger partial charge in [-0.2, -0.15) is 0 Å². The van der Waals surface area contributed by atoms with Crippen molar-refractivity contribution >= 4 is 43.6 Å². The van der Waals surface area contributed by atoms with E-state index < -0.39 is 0 Å². The van der Waals surface area contributed by atoms with E-state index in [1.54, 1.807) is 0 Å². The second-order valence-corrected chi connectivity index (χ2v) is 13.6. The molecule has 0 amide bonds. The van der Waals surface area contributed by atoms with Crippen LogP contribution in [0.1, 0.15) is 11.1 Å². The van der Waals surface area contributed by atoms with Gasteiger partial charge in [0.15, 0.2) is 0 Å². The Labute approximate surface area is 301 Å². The molecule has 0 N–H and O–H groups in total. The average molecular weight is 667 g/mol.